The van der Waals surface area contributed by atoms with Gasteiger partial charge in [0.1, 0.15) is 5.69 Å². The lowest BCUT2D eigenvalue weighted by molar-refractivity contribution is 0.195. The van der Waals surface area contributed by atoms with Crippen molar-refractivity contribution < 1.29 is 14.2 Å². The predicted molar refractivity (Wildman–Crippen MR) is 174 cm³/mol. The van der Waals surface area contributed by atoms with Gasteiger partial charge in [-0.2, -0.15) is 5.10 Å². The van der Waals surface area contributed by atoms with Gasteiger partial charge in [0.05, 0.1) is 43.2 Å². The molecule has 3 aromatic rings. The number of ether oxygens (including phenoxy) is 3. The van der Waals surface area contributed by atoms with Crippen molar-refractivity contribution in [1.29, 1.82) is 0 Å². The molecular weight excluding hydrogens is 547 g/mol. The van der Waals surface area contributed by atoms with E-state index in [1.165, 1.54) is 11.1 Å². The number of rotatable bonds is 14. The number of aliphatic imine (C=N–C) groups is 1. The second kappa shape index (κ2) is 14.6. The summed E-state index contributed by atoms with van der Waals surface area (Å²) in [4.78, 5) is 8.75. The Bertz CT molecular complexity index is 1580. The zero-order valence-corrected chi connectivity index (χ0v) is 25.7. The van der Waals surface area contributed by atoms with Crippen molar-refractivity contribution in [2.45, 2.75) is 26.2 Å². The van der Waals surface area contributed by atoms with E-state index in [0.29, 0.717) is 32.5 Å². The van der Waals surface area contributed by atoms with Crippen LogP contribution in [0, 0.1) is 0 Å². The minimum atomic E-state index is 0.461. The standard InChI is InChI=1S/C32H39N6O3P/c1-7-26(18-35-22(3)33)38-19-25(9-8-14-39-4)32(37-38)21(2)36-31-11-10-23(20-42-31)15-24-12-13-34-28-17-30(41-6)29(40-5)16-27(24)28/h7,10-13,16-19,36,42H,1-2,8-9,14-15,20H2,3-6H3,(H2,33,35)/b26-18+. The maximum Gasteiger partial charge on any atom is 0.162 e. The van der Waals surface area contributed by atoms with Gasteiger partial charge in [0.2, 0.25) is 0 Å². The number of amidine groups is 1. The Balaban J connectivity index is 1.53. The molecule has 220 valence electrons. The maximum atomic E-state index is 5.72. The van der Waals surface area contributed by atoms with Gasteiger partial charge in [0.25, 0.3) is 0 Å². The summed E-state index contributed by atoms with van der Waals surface area (Å²) in [6.45, 7) is 10.6. The summed E-state index contributed by atoms with van der Waals surface area (Å²) >= 11 is 0. The van der Waals surface area contributed by atoms with Gasteiger partial charge in [0, 0.05) is 48.6 Å². The molecule has 3 heterocycles. The van der Waals surface area contributed by atoms with Crippen LogP contribution in [0.2, 0.25) is 0 Å². The van der Waals surface area contributed by atoms with Gasteiger partial charge in [-0.25, -0.2) is 9.67 Å². The highest BCUT2D eigenvalue weighted by Gasteiger charge is 2.17. The van der Waals surface area contributed by atoms with Gasteiger partial charge in [-0.05, 0) is 62.2 Å². The van der Waals surface area contributed by atoms with Crippen LogP contribution in [0.1, 0.15) is 30.2 Å². The first kappa shape index (κ1) is 30.8. The normalized spacial score (nSPS) is 14.5. The number of benzene rings is 1. The van der Waals surface area contributed by atoms with Crippen LogP contribution in [-0.2, 0) is 17.6 Å². The molecule has 3 N–H and O–H groups in total. The van der Waals surface area contributed by atoms with E-state index in [9.17, 15) is 0 Å². The van der Waals surface area contributed by atoms with Crippen molar-refractivity contribution >= 4 is 36.7 Å². The molecule has 0 saturated heterocycles. The number of fused-ring (bicyclic) bond motifs is 1. The molecular formula is C32H39N6O3P. The molecule has 0 spiro atoms. The van der Waals surface area contributed by atoms with Gasteiger partial charge in [-0.3, -0.25) is 4.98 Å². The van der Waals surface area contributed by atoms with Gasteiger partial charge < -0.3 is 25.3 Å². The topological polar surface area (TPSA) is 109 Å². The van der Waals surface area contributed by atoms with Gasteiger partial charge in [0.15, 0.2) is 11.5 Å². The molecule has 4 rings (SSSR count). The fourth-order valence-electron chi connectivity index (χ4n) is 4.64. The number of nitrogens with zero attached hydrogens (tertiary/aromatic N) is 4. The molecule has 0 radical (unpaired) electrons. The molecule has 1 unspecified atom stereocenters. The Morgan fingerprint density at radius 2 is 1.98 bits per heavy atom. The third kappa shape index (κ3) is 7.55. The summed E-state index contributed by atoms with van der Waals surface area (Å²) in [5.41, 5.74) is 13.6. The molecule has 9 nitrogen and oxygen atoms in total. The van der Waals surface area contributed by atoms with Crippen molar-refractivity contribution in [3.63, 3.8) is 0 Å². The largest absolute Gasteiger partial charge is 0.493 e. The fraction of sp³-hybridized carbons (Fsp3) is 0.281. The monoisotopic (exact) mass is 586 g/mol. The van der Waals surface area contributed by atoms with Crippen LogP contribution in [0.15, 0.2) is 84.2 Å². The number of aromatic nitrogens is 3. The molecule has 10 heteroatoms. The highest BCUT2D eigenvalue weighted by Crippen LogP contribution is 2.36. The van der Waals surface area contributed by atoms with Crippen LogP contribution in [0.4, 0.5) is 0 Å². The van der Waals surface area contributed by atoms with Crippen LogP contribution < -0.4 is 20.5 Å². The highest BCUT2D eigenvalue weighted by molar-refractivity contribution is 7.43. The number of nitrogens with one attached hydrogen (secondary N) is 1. The number of allylic oxidation sites excluding steroid dienone is 5. The number of aryl methyl sites for hydroxylation is 1. The Hall–Kier alpha value is -4.20. The molecule has 0 amide bonds. The molecule has 0 fully saturated rings. The first-order valence-electron chi connectivity index (χ1n) is 13.7. The lowest BCUT2D eigenvalue weighted by Gasteiger charge is -2.18. The van der Waals surface area contributed by atoms with E-state index in [-0.39, 0.29) is 0 Å². The van der Waals surface area contributed by atoms with E-state index in [2.05, 4.69) is 46.7 Å². The SMILES string of the molecule is C=C/C(=C\N=C(/C)N)n1cc(CCCOC)c(C(=C)NC2=CC=C(Cc3ccnc4cc(OC)c(OC)cc34)CP2)n1. The molecule has 1 aromatic carbocycles. The zero-order valence-electron chi connectivity index (χ0n) is 24.7. The van der Waals surface area contributed by atoms with Crippen molar-refractivity contribution in [2.24, 2.45) is 10.7 Å². The summed E-state index contributed by atoms with van der Waals surface area (Å²) in [6.07, 6.45) is 15.0. The number of nitrogens with two attached hydrogens (primary N) is 1. The summed E-state index contributed by atoms with van der Waals surface area (Å²) in [5.74, 6) is 1.84. The van der Waals surface area contributed by atoms with E-state index in [1.54, 1.807) is 45.2 Å². The van der Waals surface area contributed by atoms with E-state index >= 15 is 0 Å². The third-order valence-corrected chi connectivity index (χ3v) is 8.08. The van der Waals surface area contributed by atoms with Crippen molar-refractivity contribution in [1.82, 2.24) is 20.1 Å². The van der Waals surface area contributed by atoms with E-state index in [4.69, 9.17) is 25.0 Å². The van der Waals surface area contributed by atoms with E-state index in [1.807, 2.05) is 24.5 Å². The first-order chi connectivity index (χ1) is 20.4. The summed E-state index contributed by atoms with van der Waals surface area (Å²) in [7, 11) is 5.57. The second-order valence-electron chi connectivity index (χ2n) is 9.81. The second-order valence-corrected chi connectivity index (χ2v) is 11.1. The smallest absolute Gasteiger partial charge is 0.162 e. The number of hydrogen-bond acceptors (Lipinski definition) is 7. The lowest BCUT2D eigenvalue weighted by atomic mass is 10.0. The Labute approximate surface area is 249 Å². The molecule has 1 aliphatic heterocycles. The van der Waals surface area contributed by atoms with E-state index < -0.39 is 0 Å². The minimum Gasteiger partial charge on any atom is -0.493 e. The van der Waals surface area contributed by atoms with Crippen molar-refractivity contribution in [3.8, 4) is 11.5 Å². The van der Waals surface area contributed by atoms with Crippen LogP contribution in [-0.4, -0.2) is 54.7 Å². The zero-order chi connectivity index (χ0) is 30.1. The number of methoxy groups -OCH3 is 3. The Morgan fingerprint density at radius 1 is 1.19 bits per heavy atom. The van der Waals surface area contributed by atoms with Crippen molar-refractivity contribution in [2.75, 3.05) is 34.1 Å². The molecule has 1 atom stereocenters. The minimum absolute atomic E-state index is 0.461. The van der Waals surface area contributed by atoms with Crippen LogP contribution in [0.25, 0.3) is 22.3 Å². The summed E-state index contributed by atoms with van der Waals surface area (Å²) < 4.78 is 18.0. The van der Waals surface area contributed by atoms with Gasteiger partial charge in [-0.15, -0.1) is 0 Å². The van der Waals surface area contributed by atoms with Crippen LogP contribution in [0.5, 0.6) is 11.5 Å². The van der Waals surface area contributed by atoms with E-state index in [0.717, 1.165) is 64.4 Å². The van der Waals surface area contributed by atoms with Crippen LogP contribution in [0.3, 0.4) is 0 Å². The molecule has 0 bridgehead atoms. The molecule has 1 aliphatic rings. The number of pyridine rings is 1. The Kier molecular flexibility index (Phi) is 10.7. The lowest BCUT2D eigenvalue weighted by Crippen LogP contribution is -2.12. The van der Waals surface area contributed by atoms with Crippen molar-refractivity contribution in [3.05, 3.63) is 96.0 Å². The fourth-order valence-corrected chi connectivity index (χ4v) is 5.75. The first-order valence-corrected chi connectivity index (χ1v) is 14.9. The average molecular weight is 587 g/mol. The third-order valence-electron chi connectivity index (χ3n) is 6.78. The predicted octanol–water partition coefficient (Wildman–Crippen LogP) is 5.65. The highest BCUT2D eigenvalue weighted by atomic mass is 31.1. The molecule has 0 saturated carbocycles. The average Bonchev–Trinajstić information content (AvgIpc) is 3.42. The molecule has 0 aliphatic carbocycles. The van der Waals surface area contributed by atoms with Gasteiger partial charge >= 0.3 is 0 Å². The Morgan fingerprint density at radius 3 is 2.64 bits per heavy atom. The summed E-state index contributed by atoms with van der Waals surface area (Å²) in [5, 5.41) is 9.42. The maximum absolute atomic E-state index is 5.72. The quantitative estimate of drug-likeness (QED) is 0.0826. The summed E-state index contributed by atoms with van der Waals surface area (Å²) in [6, 6.07) is 6.01. The van der Waals surface area contributed by atoms with Crippen LogP contribution >= 0.6 is 8.58 Å². The molecule has 2 aromatic heterocycles. The molecule has 42 heavy (non-hydrogen) atoms. The van der Waals surface area contributed by atoms with Gasteiger partial charge in [-0.1, -0.05) is 33.4 Å². The number of hydrogen-bond donors (Lipinski definition) is 2.